The van der Waals surface area contributed by atoms with Gasteiger partial charge in [0.25, 0.3) is 0 Å². The van der Waals surface area contributed by atoms with E-state index in [1.807, 2.05) is 6.07 Å². The Bertz CT molecular complexity index is 824. The van der Waals surface area contributed by atoms with Crippen LogP contribution in [0.4, 0.5) is 5.69 Å². The van der Waals surface area contributed by atoms with Crippen molar-refractivity contribution in [1.82, 2.24) is 0 Å². The van der Waals surface area contributed by atoms with Gasteiger partial charge in [-0.2, -0.15) is 0 Å². The van der Waals surface area contributed by atoms with E-state index in [4.69, 9.17) is 21.8 Å². The Balaban J connectivity index is 2.31. The zero-order valence-electron chi connectivity index (χ0n) is 9.89. The van der Waals surface area contributed by atoms with E-state index in [-0.39, 0.29) is 5.43 Å². The molecular formula is C15H10ClNO2. The lowest BCUT2D eigenvalue weighted by Crippen LogP contribution is -2.01. The first-order chi connectivity index (χ1) is 9.15. The molecule has 1 heterocycles. The van der Waals surface area contributed by atoms with Crippen LogP contribution in [-0.4, -0.2) is 0 Å². The monoisotopic (exact) mass is 271 g/mol. The molecule has 3 rings (SSSR count). The number of rotatable bonds is 1. The normalized spacial score (nSPS) is 10.8. The maximum absolute atomic E-state index is 12.0. The van der Waals surface area contributed by atoms with Crippen LogP contribution in [0.1, 0.15) is 0 Å². The lowest BCUT2D eigenvalue weighted by molar-refractivity contribution is 0.619. The van der Waals surface area contributed by atoms with E-state index in [0.717, 1.165) is 0 Å². The number of benzene rings is 2. The molecule has 0 bridgehead atoms. The lowest BCUT2D eigenvalue weighted by Gasteiger charge is -2.06. The molecular weight excluding hydrogens is 262 g/mol. The molecule has 3 nitrogen and oxygen atoms in total. The summed E-state index contributed by atoms with van der Waals surface area (Å²) >= 11 is 5.95. The van der Waals surface area contributed by atoms with Crippen molar-refractivity contribution in [3.05, 3.63) is 63.8 Å². The maximum atomic E-state index is 12.0. The van der Waals surface area contributed by atoms with Crippen LogP contribution in [0, 0.1) is 0 Å². The Hall–Kier alpha value is -2.26. The number of anilines is 1. The molecule has 0 radical (unpaired) electrons. The number of halogens is 1. The molecule has 0 unspecified atom stereocenters. The summed E-state index contributed by atoms with van der Waals surface area (Å²) in [5.41, 5.74) is 7.46. The second-order valence-corrected chi connectivity index (χ2v) is 4.64. The van der Waals surface area contributed by atoms with Crippen LogP contribution >= 0.6 is 11.6 Å². The number of hydrogen-bond donors (Lipinski definition) is 1. The Morgan fingerprint density at radius 3 is 2.68 bits per heavy atom. The molecule has 0 fully saturated rings. The van der Waals surface area contributed by atoms with Crippen molar-refractivity contribution >= 4 is 28.3 Å². The van der Waals surface area contributed by atoms with E-state index in [9.17, 15) is 4.79 Å². The van der Waals surface area contributed by atoms with Gasteiger partial charge in [-0.05, 0) is 30.3 Å². The van der Waals surface area contributed by atoms with E-state index < -0.39 is 0 Å². The van der Waals surface area contributed by atoms with Crippen molar-refractivity contribution in [3.8, 4) is 11.3 Å². The molecule has 4 heteroatoms. The Kier molecular flexibility index (Phi) is 2.76. The van der Waals surface area contributed by atoms with Crippen molar-refractivity contribution in [2.45, 2.75) is 0 Å². The zero-order valence-corrected chi connectivity index (χ0v) is 10.6. The van der Waals surface area contributed by atoms with E-state index in [0.29, 0.717) is 33.0 Å². The second-order valence-electron chi connectivity index (χ2n) is 4.20. The minimum atomic E-state index is -0.101. The van der Waals surface area contributed by atoms with Crippen LogP contribution in [0.25, 0.3) is 22.3 Å². The van der Waals surface area contributed by atoms with Gasteiger partial charge in [-0.25, -0.2) is 0 Å². The third-order valence-electron chi connectivity index (χ3n) is 2.92. The van der Waals surface area contributed by atoms with Crippen LogP contribution in [0.5, 0.6) is 0 Å². The number of fused-ring (bicyclic) bond motifs is 1. The predicted octanol–water partition coefficient (Wildman–Crippen LogP) is 3.70. The summed E-state index contributed by atoms with van der Waals surface area (Å²) in [7, 11) is 0. The zero-order chi connectivity index (χ0) is 13.4. The smallest absolute Gasteiger partial charge is 0.193 e. The van der Waals surface area contributed by atoms with Gasteiger partial charge in [0.2, 0.25) is 0 Å². The SMILES string of the molecule is Nc1ccc(Cl)cc1-c1cc(=O)c2ccccc2o1. The highest BCUT2D eigenvalue weighted by Gasteiger charge is 2.09. The van der Waals surface area contributed by atoms with Crippen LogP contribution in [-0.2, 0) is 0 Å². The first kappa shape index (κ1) is 11.8. The fourth-order valence-corrected chi connectivity index (χ4v) is 2.15. The second kappa shape index (κ2) is 4.44. The van der Waals surface area contributed by atoms with E-state index in [2.05, 4.69) is 0 Å². The summed E-state index contributed by atoms with van der Waals surface area (Å²) in [6.07, 6.45) is 0. The molecule has 0 amide bonds. The van der Waals surface area contributed by atoms with E-state index in [1.54, 1.807) is 36.4 Å². The fourth-order valence-electron chi connectivity index (χ4n) is 1.98. The van der Waals surface area contributed by atoms with Gasteiger partial charge < -0.3 is 10.2 Å². The molecule has 2 aromatic carbocycles. The Labute approximate surface area is 114 Å². The van der Waals surface area contributed by atoms with Crippen molar-refractivity contribution < 1.29 is 4.42 Å². The van der Waals surface area contributed by atoms with Crippen LogP contribution in [0.3, 0.4) is 0 Å². The fraction of sp³-hybridized carbons (Fsp3) is 0. The van der Waals surface area contributed by atoms with Crippen molar-refractivity contribution in [3.63, 3.8) is 0 Å². The van der Waals surface area contributed by atoms with Crippen LogP contribution < -0.4 is 11.2 Å². The van der Waals surface area contributed by atoms with Gasteiger partial charge in [-0.1, -0.05) is 23.7 Å². The molecule has 0 spiro atoms. The summed E-state index contributed by atoms with van der Waals surface area (Å²) in [5, 5.41) is 1.09. The van der Waals surface area contributed by atoms with Crippen molar-refractivity contribution in [2.24, 2.45) is 0 Å². The summed E-state index contributed by atoms with van der Waals surface area (Å²) in [6, 6.07) is 13.6. The summed E-state index contributed by atoms with van der Waals surface area (Å²) in [4.78, 5) is 12.0. The summed E-state index contributed by atoms with van der Waals surface area (Å²) < 4.78 is 5.73. The van der Waals surface area contributed by atoms with Gasteiger partial charge in [-0.3, -0.25) is 4.79 Å². The molecule has 0 aliphatic carbocycles. The Morgan fingerprint density at radius 2 is 1.84 bits per heavy atom. The van der Waals surface area contributed by atoms with Gasteiger partial charge in [0, 0.05) is 22.3 Å². The topological polar surface area (TPSA) is 56.2 Å². The van der Waals surface area contributed by atoms with Crippen molar-refractivity contribution in [2.75, 3.05) is 5.73 Å². The van der Waals surface area contributed by atoms with Gasteiger partial charge in [0.1, 0.15) is 11.3 Å². The summed E-state index contributed by atoms with van der Waals surface area (Å²) in [6.45, 7) is 0. The molecule has 0 aliphatic heterocycles. The predicted molar refractivity (Wildman–Crippen MR) is 77.3 cm³/mol. The minimum absolute atomic E-state index is 0.101. The molecule has 0 saturated heterocycles. The molecule has 19 heavy (non-hydrogen) atoms. The lowest BCUT2D eigenvalue weighted by atomic mass is 10.1. The average Bonchev–Trinajstić information content (AvgIpc) is 2.41. The van der Waals surface area contributed by atoms with Crippen LogP contribution in [0.15, 0.2) is 57.7 Å². The first-order valence-electron chi connectivity index (χ1n) is 5.73. The van der Waals surface area contributed by atoms with E-state index in [1.165, 1.54) is 6.07 Å². The summed E-state index contributed by atoms with van der Waals surface area (Å²) in [5.74, 6) is 0.420. The molecule has 1 aromatic heterocycles. The first-order valence-corrected chi connectivity index (χ1v) is 6.11. The highest BCUT2D eigenvalue weighted by atomic mass is 35.5. The number of para-hydroxylation sites is 1. The standard InChI is InChI=1S/C15H10ClNO2/c16-9-5-6-12(17)11(7-9)15-8-13(18)10-3-1-2-4-14(10)19-15/h1-8H,17H2. The molecule has 0 atom stereocenters. The van der Waals surface area contributed by atoms with Gasteiger partial charge in [0.05, 0.1) is 5.39 Å². The van der Waals surface area contributed by atoms with Crippen LogP contribution in [0.2, 0.25) is 5.02 Å². The van der Waals surface area contributed by atoms with Gasteiger partial charge in [-0.15, -0.1) is 0 Å². The quantitative estimate of drug-likeness (QED) is 0.687. The maximum Gasteiger partial charge on any atom is 0.193 e. The highest BCUT2D eigenvalue weighted by molar-refractivity contribution is 6.31. The molecule has 2 N–H and O–H groups in total. The number of hydrogen-bond acceptors (Lipinski definition) is 3. The highest BCUT2D eigenvalue weighted by Crippen LogP contribution is 2.29. The minimum Gasteiger partial charge on any atom is -0.456 e. The third kappa shape index (κ3) is 2.09. The van der Waals surface area contributed by atoms with E-state index >= 15 is 0 Å². The number of nitrogens with two attached hydrogens (primary N) is 1. The van der Waals surface area contributed by atoms with Gasteiger partial charge in [0.15, 0.2) is 5.43 Å². The van der Waals surface area contributed by atoms with Crippen molar-refractivity contribution in [1.29, 1.82) is 0 Å². The molecule has 94 valence electrons. The molecule has 0 aliphatic rings. The molecule has 3 aromatic rings. The Morgan fingerprint density at radius 1 is 1.05 bits per heavy atom. The number of nitrogen functional groups attached to an aromatic ring is 1. The largest absolute Gasteiger partial charge is 0.456 e. The average molecular weight is 272 g/mol. The molecule has 0 saturated carbocycles. The van der Waals surface area contributed by atoms with Gasteiger partial charge >= 0.3 is 0 Å². The third-order valence-corrected chi connectivity index (χ3v) is 3.15.